The number of halogens is 1. The van der Waals surface area contributed by atoms with Crippen LogP contribution in [0.3, 0.4) is 0 Å². The lowest BCUT2D eigenvalue weighted by atomic mass is 10.4. The first-order valence-corrected chi connectivity index (χ1v) is 4.24. The SMILES string of the molecule is O=COc1ccc2occ(Br)c2n1. The van der Waals surface area contributed by atoms with Gasteiger partial charge in [-0.15, -0.1) is 0 Å². The van der Waals surface area contributed by atoms with E-state index in [1.54, 1.807) is 12.1 Å². The number of ether oxygens (including phenoxy) is 1. The van der Waals surface area contributed by atoms with E-state index in [-0.39, 0.29) is 5.88 Å². The number of hydrogen-bond acceptors (Lipinski definition) is 4. The van der Waals surface area contributed by atoms with Crippen molar-refractivity contribution in [3.8, 4) is 5.88 Å². The van der Waals surface area contributed by atoms with Crippen LogP contribution in [-0.4, -0.2) is 11.5 Å². The summed E-state index contributed by atoms with van der Waals surface area (Å²) in [7, 11) is 0. The summed E-state index contributed by atoms with van der Waals surface area (Å²) in [5.74, 6) is 0.254. The molecule has 0 aromatic carbocycles. The Kier molecular flexibility index (Phi) is 2.02. The quantitative estimate of drug-likeness (QED) is 0.757. The summed E-state index contributed by atoms with van der Waals surface area (Å²) in [6.07, 6.45) is 1.53. The van der Waals surface area contributed by atoms with E-state index in [1.807, 2.05) is 0 Å². The summed E-state index contributed by atoms with van der Waals surface area (Å²) in [4.78, 5) is 14.1. The first-order chi connectivity index (χ1) is 6.31. The Bertz CT molecular complexity index is 452. The predicted molar refractivity (Wildman–Crippen MR) is 48.4 cm³/mol. The standard InChI is InChI=1S/C8H4BrNO3/c9-5-3-12-6-1-2-7(13-4-11)10-8(5)6/h1-4H. The van der Waals surface area contributed by atoms with Crippen LogP contribution in [0.4, 0.5) is 0 Å². The summed E-state index contributed by atoms with van der Waals surface area (Å²) in [5, 5.41) is 0. The molecule has 0 bridgehead atoms. The highest BCUT2D eigenvalue weighted by Gasteiger charge is 2.05. The summed E-state index contributed by atoms with van der Waals surface area (Å²) < 4.78 is 10.4. The van der Waals surface area contributed by atoms with E-state index in [0.717, 1.165) is 4.47 Å². The minimum atomic E-state index is 0.254. The van der Waals surface area contributed by atoms with Crippen molar-refractivity contribution in [3.63, 3.8) is 0 Å². The van der Waals surface area contributed by atoms with Crippen molar-refractivity contribution in [2.45, 2.75) is 0 Å². The Labute approximate surface area is 81.6 Å². The molecule has 0 N–H and O–H groups in total. The average molecular weight is 242 g/mol. The van der Waals surface area contributed by atoms with Crippen molar-refractivity contribution in [2.75, 3.05) is 0 Å². The maximum absolute atomic E-state index is 10.0. The number of fused-ring (bicyclic) bond motifs is 1. The number of aromatic nitrogens is 1. The molecule has 5 heteroatoms. The maximum Gasteiger partial charge on any atom is 0.299 e. The summed E-state index contributed by atoms with van der Waals surface area (Å²) in [6.45, 7) is 0.335. The van der Waals surface area contributed by atoms with Crippen LogP contribution < -0.4 is 4.74 Å². The molecule has 2 heterocycles. The number of carbonyl (C=O) groups is 1. The Balaban J connectivity index is 2.58. The highest BCUT2D eigenvalue weighted by atomic mass is 79.9. The zero-order valence-corrected chi connectivity index (χ0v) is 7.95. The number of rotatable bonds is 2. The van der Waals surface area contributed by atoms with Gasteiger partial charge >= 0.3 is 0 Å². The van der Waals surface area contributed by atoms with Crippen molar-refractivity contribution in [1.82, 2.24) is 4.98 Å². The molecule has 66 valence electrons. The van der Waals surface area contributed by atoms with E-state index in [9.17, 15) is 4.79 Å². The van der Waals surface area contributed by atoms with Gasteiger partial charge in [-0.1, -0.05) is 0 Å². The third-order valence-electron chi connectivity index (χ3n) is 1.52. The molecule has 0 atom stereocenters. The topological polar surface area (TPSA) is 52.3 Å². The molecular weight excluding hydrogens is 238 g/mol. The van der Waals surface area contributed by atoms with Crippen LogP contribution in [0.5, 0.6) is 5.88 Å². The third kappa shape index (κ3) is 1.42. The van der Waals surface area contributed by atoms with Crippen molar-refractivity contribution >= 4 is 33.5 Å². The van der Waals surface area contributed by atoms with Gasteiger partial charge in [-0.05, 0) is 22.0 Å². The first-order valence-electron chi connectivity index (χ1n) is 3.45. The molecule has 0 fully saturated rings. The van der Waals surface area contributed by atoms with Crippen LogP contribution >= 0.6 is 15.9 Å². The molecule has 2 aromatic rings. The van der Waals surface area contributed by atoms with Gasteiger partial charge in [-0.25, -0.2) is 4.98 Å². The molecule has 2 rings (SSSR count). The summed E-state index contributed by atoms with van der Waals surface area (Å²) in [5.41, 5.74) is 1.28. The number of nitrogens with zero attached hydrogens (tertiary/aromatic N) is 1. The Morgan fingerprint density at radius 2 is 2.38 bits per heavy atom. The van der Waals surface area contributed by atoms with E-state index in [1.165, 1.54) is 6.26 Å². The van der Waals surface area contributed by atoms with Gasteiger partial charge in [0.15, 0.2) is 5.58 Å². The van der Waals surface area contributed by atoms with Crippen LogP contribution in [0.2, 0.25) is 0 Å². The predicted octanol–water partition coefficient (Wildman–Crippen LogP) is 2.13. The summed E-state index contributed by atoms with van der Waals surface area (Å²) in [6, 6.07) is 3.25. The molecule has 0 unspecified atom stereocenters. The Morgan fingerprint density at radius 3 is 3.15 bits per heavy atom. The molecule has 0 spiro atoms. The molecule has 13 heavy (non-hydrogen) atoms. The number of furan rings is 1. The minimum Gasteiger partial charge on any atom is -0.461 e. The van der Waals surface area contributed by atoms with Crippen molar-refractivity contribution < 1.29 is 13.9 Å². The molecule has 0 saturated heterocycles. The van der Waals surface area contributed by atoms with E-state index >= 15 is 0 Å². The highest BCUT2D eigenvalue weighted by Crippen LogP contribution is 2.25. The minimum absolute atomic E-state index is 0.254. The lowest BCUT2D eigenvalue weighted by Crippen LogP contribution is -1.90. The van der Waals surface area contributed by atoms with Gasteiger partial charge in [0.05, 0.1) is 4.47 Å². The summed E-state index contributed by atoms with van der Waals surface area (Å²) >= 11 is 3.25. The molecule has 2 aromatic heterocycles. The van der Waals surface area contributed by atoms with E-state index in [0.29, 0.717) is 17.6 Å². The number of pyridine rings is 1. The van der Waals surface area contributed by atoms with E-state index < -0.39 is 0 Å². The van der Waals surface area contributed by atoms with Gasteiger partial charge in [0, 0.05) is 6.07 Å². The fourth-order valence-electron chi connectivity index (χ4n) is 0.981. The molecule has 0 aliphatic rings. The largest absolute Gasteiger partial charge is 0.461 e. The number of carbonyl (C=O) groups excluding carboxylic acids is 1. The van der Waals surface area contributed by atoms with Crippen LogP contribution in [-0.2, 0) is 4.79 Å². The Morgan fingerprint density at radius 1 is 1.54 bits per heavy atom. The average Bonchev–Trinajstić information content (AvgIpc) is 2.49. The first kappa shape index (κ1) is 8.25. The smallest absolute Gasteiger partial charge is 0.299 e. The van der Waals surface area contributed by atoms with E-state index in [4.69, 9.17) is 4.42 Å². The lowest BCUT2D eigenvalue weighted by Gasteiger charge is -1.94. The third-order valence-corrected chi connectivity index (χ3v) is 2.08. The van der Waals surface area contributed by atoms with Gasteiger partial charge < -0.3 is 9.15 Å². The van der Waals surface area contributed by atoms with Crippen LogP contribution in [0, 0.1) is 0 Å². The van der Waals surface area contributed by atoms with Crippen LogP contribution in [0.15, 0.2) is 27.3 Å². The second kappa shape index (κ2) is 3.18. The second-order valence-corrected chi connectivity index (χ2v) is 3.15. The zero-order valence-electron chi connectivity index (χ0n) is 6.36. The molecule has 0 amide bonds. The van der Waals surface area contributed by atoms with Crippen molar-refractivity contribution in [2.24, 2.45) is 0 Å². The van der Waals surface area contributed by atoms with Gasteiger partial charge in [-0.3, -0.25) is 4.79 Å². The maximum atomic E-state index is 10.0. The van der Waals surface area contributed by atoms with Crippen molar-refractivity contribution in [3.05, 3.63) is 22.9 Å². The molecule has 0 radical (unpaired) electrons. The Hall–Kier alpha value is -1.36. The molecular formula is C8H4BrNO3. The number of hydrogen-bond donors (Lipinski definition) is 0. The zero-order chi connectivity index (χ0) is 9.26. The fourth-order valence-corrected chi connectivity index (χ4v) is 1.36. The normalized spacial score (nSPS) is 10.2. The molecule has 0 saturated carbocycles. The fraction of sp³-hybridized carbons (Fsp3) is 0. The van der Waals surface area contributed by atoms with Crippen LogP contribution in [0.1, 0.15) is 0 Å². The van der Waals surface area contributed by atoms with Gasteiger partial charge in [-0.2, -0.15) is 0 Å². The molecule has 0 aliphatic heterocycles. The van der Waals surface area contributed by atoms with Gasteiger partial charge in [0.1, 0.15) is 11.8 Å². The molecule has 0 aliphatic carbocycles. The van der Waals surface area contributed by atoms with Gasteiger partial charge in [0.25, 0.3) is 6.47 Å². The molecule has 4 nitrogen and oxygen atoms in total. The monoisotopic (exact) mass is 241 g/mol. The van der Waals surface area contributed by atoms with Crippen molar-refractivity contribution in [1.29, 1.82) is 0 Å². The second-order valence-electron chi connectivity index (χ2n) is 2.29. The lowest BCUT2D eigenvalue weighted by molar-refractivity contribution is -0.120. The van der Waals surface area contributed by atoms with Crippen LogP contribution in [0.25, 0.3) is 11.1 Å². The van der Waals surface area contributed by atoms with Gasteiger partial charge in [0.2, 0.25) is 5.88 Å². The van der Waals surface area contributed by atoms with E-state index in [2.05, 4.69) is 25.7 Å². The highest BCUT2D eigenvalue weighted by molar-refractivity contribution is 9.10.